The van der Waals surface area contributed by atoms with Crippen LogP contribution in [-0.4, -0.2) is 36.8 Å². The second kappa shape index (κ2) is 11.8. The summed E-state index contributed by atoms with van der Waals surface area (Å²) in [4.78, 5) is 15.2. The smallest absolute Gasteiger partial charge is 0.303 e. The summed E-state index contributed by atoms with van der Waals surface area (Å²) in [5, 5.41) is 8.83. The lowest BCUT2D eigenvalue weighted by Crippen LogP contribution is -2.37. The van der Waals surface area contributed by atoms with Crippen LogP contribution in [0.1, 0.15) is 52.9 Å². The molecule has 0 bridgehead atoms. The molecule has 0 atom stereocenters. The van der Waals surface area contributed by atoms with E-state index in [0.717, 1.165) is 54.3 Å². The Balaban J connectivity index is 1.53. The first-order chi connectivity index (χ1) is 17.3. The van der Waals surface area contributed by atoms with E-state index < -0.39 is 12.0 Å². The van der Waals surface area contributed by atoms with Crippen LogP contribution in [0.3, 0.4) is 0 Å². The van der Waals surface area contributed by atoms with Crippen LogP contribution in [0.15, 0.2) is 65.3 Å². The minimum Gasteiger partial charge on any atom is -0.493 e. The Labute approximate surface area is 209 Å². The number of furan rings is 1. The predicted octanol–water partition coefficient (Wildman–Crippen LogP) is 6.60. The molecule has 1 aliphatic rings. The summed E-state index contributed by atoms with van der Waals surface area (Å²) in [6.45, 7) is 6.99. The molecule has 0 aliphatic carbocycles. The zero-order valence-electron chi connectivity index (χ0n) is 21.7. The van der Waals surface area contributed by atoms with E-state index in [4.69, 9.17) is 15.6 Å². The Morgan fingerprint density at radius 3 is 2.57 bits per heavy atom. The van der Waals surface area contributed by atoms with Crippen LogP contribution < -0.4 is 14.5 Å². The van der Waals surface area contributed by atoms with Gasteiger partial charge in [-0.1, -0.05) is 0 Å². The van der Waals surface area contributed by atoms with E-state index in [0.29, 0.717) is 19.6 Å². The summed E-state index contributed by atoms with van der Waals surface area (Å²) in [5.74, 6) is 0.883. The molecule has 0 unspecified atom stereocenters. The Morgan fingerprint density at radius 2 is 1.94 bits per heavy atom. The van der Waals surface area contributed by atoms with Crippen molar-refractivity contribution in [1.82, 2.24) is 0 Å². The molecule has 0 saturated carbocycles. The van der Waals surface area contributed by atoms with Crippen LogP contribution in [0.25, 0.3) is 11.3 Å². The molecule has 35 heavy (non-hydrogen) atoms. The van der Waals surface area contributed by atoms with Gasteiger partial charge in [-0.05, 0) is 94.1 Å². The first-order valence-corrected chi connectivity index (χ1v) is 12.5. The number of carbonyl (C=O) groups is 1. The maximum absolute atomic E-state index is 10.7. The largest absolute Gasteiger partial charge is 0.493 e. The van der Waals surface area contributed by atoms with Gasteiger partial charge < -0.3 is 24.1 Å². The Kier molecular flexibility index (Phi) is 7.89. The summed E-state index contributed by atoms with van der Waals surface area (Å²) in [6.07, 6.45) is 5.36. The third-order valence-electron chi connectivity index (χ3n) is 6.41. The molecule has 1 fully saturated rings. The normalized spacial score (nSPS) is 13.8. The molecular formula is C29H36N2O4. The van der Waals surface area contributed by atoms with Crippen molar-refractivity contribution in [2.75, 3.05) is 29.5 Å². The van der Waals surface area contributed by atoms with Gasteiger partial charge in [0.15, 0.2) is 0 Å². The molecule has 0 spiro atoms. The molecule has 1 N–H and O–H groups in total. The number of hydrogen-bond donors (Lipinski definition) is 1. The molecule has 4 rings (SSSR count). The van der Waals surface area contributed by atoms with E-state index in [-0.39, 0.29) is 6.42 Å². The third kappa shape index (κ3) is 6.59. The van der Waals surface area contributed by atoms with E-state index in [9.17, 15) is 4.79 Å². The number of hydrogen-bond acceptors (Lipinski definition) is 5. The van der Waals surface area contributed by atoms with Crippen LogP contribution >= 0.6 is 0 Å². The maximum Gasteiger partial charge on any atom is 0.303 e. The summed E-state index contributed by atoms with van der Waals surface area (Å²) in [5.41, 5.74) is 4.18. The summed E-state index contributed by atoms with van der Waals surface area (Å²) >= 11 is 0. The lowest BCUT2D eigenvalue weighted by atomic mass is 10.1. The molecular weight excluding hydrogens is 440 g/mol. The number of carboxylic acid groups (broad SMARTS) is 1. The van der Waals surface area contributed by atoms with Crippen molar-refractivity contribution in [2.24, 2.45) is 0 Å². The van der Waals surface area contributed by atoms with Crippen LogP contribution in [0.2, 0.25) is 0 Å². The first-order valence-electron chi connectivity index (χ1n) is 13.0. The topological polar surface area (TPSA) is 66.2 Å². The summed E-state index contributed by atoms with van der Waals surface area (Å²) in [7, 11) is 0. The lowest BCUT2D eigenvalue weighted by Gasteiger charge is -2.35. The molecule has 3 aromatic rings. The molecule has 1 aliphatic heterocycles. The average Bonchev–Trinajstić information content (AvgIpc) is 3.34. The highest BCUT2D eigenvalue weighted by atomic mass is 16.5. The van der Waals surface area contributed by atoms with Crippen molar-refractivity contribution in [3.8, 4) is 17.1 Å². The molecule has 2 heterocycles. The molecule has 1 aromatic heterocycles. The van der Waals surface area contributed by atoms with Crippen molar-refractivity contribution >= 4 is 17.3 Å². The number of benzene rings is 2. The minimum atomic E-state index is -0.854. The third-order valence-corrected chi connectivity index (χ3v) is 6.41. The highest BCUT2D eigenvalue weighted by Crippen LogP contribution is 2.32. The Hall–Kier alpha value is -3.41. The second-order valence-corrected chi connectivity index (χ2v) is 9.24. The monoisotopic (exact) mass is 477 g/mol. The van der Waals surface area contributed by atoms with E-state index in [1.54, 1.807) is 6.26 Å². The molecule has 2 aromatic carbocycles. The van der Waals surface area contributed by atoms with Crippen LogP contribution in [0, 0.1) is 0 Å². The number of ether oxygens (including phenoxy) is 1. The van der Waals surface area contributed by atoms with E-state index in [1.807, 2.05) is 56.3 Å². The Bertz CT molecular complexity index is 1120. The number of nitrogens with zero attached hydrogens (tertiary/aromatic N) is 2. The van der Waals surface area contributed by atoms with Gasteiger partial charge in [-0.25, -0.2) is 0 Å². The van der Waals surface area contributed by atoms with Crippen molar-refractivity contribution < 1.29 is 20.4 Å². The minimum absolute atomic E-state index is 0.196. The average molecular weight is 478 g/mol. The fourth-order valence-electron chi connectivity index (χ4n) is 4.26. The Morgan fingerprint density at radius 1 is 1.14 bits per heavy atom. The van der Waals surface area contributed by atoms with Gasteiger partial charge in [-0.2, -0.15) is 0 Å². The predicted molar refractivity (Wildman–Crippen MR) is 140 cm³/mol. The van der Waals surface area contributed by atoms with Crippen LogP contribution in [0.5, 0.6) is 5.75 Å². The van der Waals surface area contributed by atoms with Gasteiger partial charge in [-0.15, -0.1) is 0 Å². The number of aliphatic carboxylic acids is 1. The molecule has 186 valence electrons. The maximum atomic E-state index is 10.7. The molecule has 6 heteroatoms. The van der Waals surface area contributed by atoms with Crippen LogP contribution in [-0.2, 0) is 11.3 Å². The first kappa shape index (κ1) is 23.3. The fraction of sp³-hybridized carbons (Fsp3) is 0.414. The molecule has 6 nitrogen and oxygen atoms in total. The van der Waals surface area contributed by atoms with E-state index in [2.05, 4.69) is 21.9 Å². The van der Waals surface area contributed by atoms with Gasteiger partial charge in [0, 0.05) is 54.6 Å². The van der Waals surface area contributed by atoms with Gasteiger partial charge in [-0.3, -0.25) is 4.79 Å². The highest BCUT2D eigenvalue weighted by molar-refractivity contribution is 5.66. The zero-order valence-corrected chi connectivity index (χ0v) is 20.7. The van der Waals surface area contributed by atoms with Gasteiger partial charge in [0.25, 0.3) is 0 Å². The lowest BCUT2D eigenvalue weighted by molar-refractivity contribution is -0.137. The highest BCUT2D eigenvalue weighted by Gasteiger charge is 2.19. The molecule has 1 saturated heterocycles. The van der Waals surface area contributed by atoms with Gasteiger partial charge in [0.2, 0.25) is 0 Å². The second-order valence-electron chi connectivity index (χ2n) is 9.24. The number of rotatable bonds is 13. The van der Waals surface area contributed by atoms with Crippen molar-refractivity contribution in [2.45, 2.75) is 58.5 Å². The number of carboxylic acids is 1. The fourth-order valence-corrected chi connectivity index (χ4v) is 4.26. The van der Waals surface area contributed by atoms with Crippen LogP contribution in [0.4, 0.5) is 11.4 Å². The standard InChI is InChI=1S/C29H36N2O4/c1-22(2)31(25-12-10-23(11-13-25)27-8-6-19-35-27)21-24-20-26(30-16-7-17-30)14-15-28(24)34-18-5-3-4-9-29(32)33/h6,8,10-15,19-20,22H,3-5,7,9,16-18,21H2,1-2H3,(H,32,33)/i22D. The SMILES string of the molecule is [2H]C(C)(C)N(Cc1cc(N2CCC2)ccc1OCCCCCC(=O)O)c1ccc(-c2ccco2)cc1. The molecule has 0 radical (unpaired) electrons. The van der Waals surface area contributed by atoms with Crippen molar-refractivity contribution in [1.29, 1.82) is 0 Å². The zero-order chi connectivity index (χ0) is 25.5. The number of unbranched alkanes of at least 4 members (excludes halogenated alkanes) is 2. The number of anilines is 2. The molecule has 0 amide bonds. The summed E-state index contributed by atoms with van der Waals surface area (Å²) in [6, 6.07) is 17.4. The summed E-state index contributed by atoms with van der Waals surface area (Å²) < 4.78 is 20.6. The van der Waals surface area contributed by atoms with Gasteiger partial charge in [0.1, 0.15) is 11.5 Å². The van der Waals surface area contributed by atoms with E-state index >= 15 is 0 Å². The van der Waals surface area contributed by atoms with Crippen molar-refractivity contribution in [3.63, 3.8) is 0 Å². The van der Waals surface area contributed by atoms with Gasteiger partial charge in [0.05, 0.1) is 14.2 Å². The van der Waals surface area contributed by atoms with Crippen molar-refractivity contribution in [3.05, 3.63) is 66.4 Å². The van der Waals surface area contributed by atoms with Gasteiger partial charge >= 0.3 is 5.97 Å². The van der Waals surface area contributed by atoms with E-state index in [1.165, 1.54) is 12.1 Å². The quantitative estimate of drug-likeness (QED) is 0.280.